The van der Waals surface area contributed by atoms with E-state index in [1.54, 1.807) is 6.92 Å². The van der Waals surface area contributed by atoms with Gasteiger partial charge in [0.05, 0.1) is 18.8 Å². The third-order valence-corrected chi connectivity index (χ3v) is 1.44. The minimum absolute atomic E-state index is 0.0286. The van der Waals surface area contributed by atoms with Gasteiger partial charge in [-0.1, -0.05) is 13.3 Å². The average molecular weight is 161 g/mol. The van der Waals surface area contributed by atoms with Crippen molar-refractivity contribution in [3.63, 3.8) is 0 Å². The Morgan fingerprint density at radius 2 is 2.18 bits per heavy atom. The van der Waals surface area contributed by atoms with Gasteiger partial charge in [0.25, 0.3) is 0 Å². The van der Waals surface area contributed by atoms with Crippen LogP contribution in [0.25, 0.3) is 0 Å². The van der Waals surface area contributed by atoms with Crippen LogP contribution in [-0.4, -0.2) is 30.5 Å². The van der Waals surface area contributed by atoms with Gasteiger partial charge < -0.3 is 15.6 Å². The van der Waals surface area contributed by atoms with Crippen molar-refractivity contribution in [1.29, 1.82) is 0 Å². The molecule has 0 aromatic heterocycles. The van der Waals surface area contributed by atoms with Gasteiger partial charge >= 0.3 is 0 Å². The predicted molar refractivity (Wildman–Crippen MR) is 45.4 cm³/mol. The number of unbranched alkanes of at least 4 members (excludes halogenated alkanes) is 1. The summed E-state index contributed by atoms with van der Waals surface area (Å²) < 4.78 is 5.24. The fourth-order valence-corrected chi connectivity index (χ4v) is 0.597. The van der Waals surface area contributed by atoms with Crippen LogP contribution in [0.3, 0.4) is 0 Å². The summed E-state index contributed by atoms with van der Waals surface area (Å²) in [4.78, 5) is 0. The van der Waals surface area contributed by atoms with Gasteiger partial charge in [-0.25, -0.2) is 0 Å². The Hall–Kier alpha value is -0.120. The lowest BCUT2D eigenvalue weighted by Gasteiger charge is -2.21. The van der Waals surface area contributed by atoms with E-state index in [-0.39, 0.29) is 6.61 Å². The summed E-state index contributed by atoms with van der Waals surface area (Å²) in [5, 5.41) is 8.75. The van der Waals surface area contributed by atoms with E-state index in [4.69, 9.17) is 15.6 Å². The maximum atomic E-state index is 8.75. The van der Waals surface area contributed by atoms with E-state index in [0.29, 0.717) is 6.61 Å². The molecular formula is C8H19NO2. The molecule has 1 atom stereocenters. The van der Waals surface area contributed by atoms with Crippen LogP contribution >= 0.6 is 0 Å². The van der Waals surface area contributed by atoms with Crippen LogP contribution < -0.4 is 5.73 Å². The largest absolute Gasteiger partial charge is 0.394 e. The molecule has 68 valence electrons. The number of rotatable bonds is 6. The third-order valence-electron chi connectivity index (χ3n) is 1.44. The van der Waals surface area contributed by atoms with Crippen molar-refractivity contribution in [2.24, 2.45) is 5.73 Å². The molecule has 0 saturated heterocycles. The highest BCUT2D eigenvalue weighted by molar-refractivity contribution is 4.76. The molecule has 0 heterocycles. The molecule has 0 amide bonds. The first kappa shape index (κ1) is 10.9. The first-order chi connectivity index (χ1) is 5.12. The molecule has 0 rings (SSSR count). The van der Waals surface area contributed by atoms with Crippen molar-refractivity contribution in [3.8, 4) is 0 Å². The van der Waals surface area contributed by atoms with Crippen molar-refractivity contribution >= 4 is 0 Å². The Kier molecular flexibility index (Phi) is 5.46. The minimum atomic E-state index is -0.576. The molecular weight excluding hydrogens is 142 g/mol. The van der Waals surface area contributed by atoms with Crippen LogP contribution in [0.2, 0.25) is 0 Å². The summed E-state index contributed by atoms with van der Waals surface area (Å²) in [6, 6.07) is 0. The summed E-state index contributed by atoms with van der Waals surface area (Å²) in [6.07, 6.45) is 2.18. The second kappa shape index (κ2) is 5.52. The Labute approximate surface area is 68.5 Å². The van der Waals surface area contributed by atoms with Gasteiger partial charge in [-0.05, 0) is 13.3 Å². The molecule has 0 aliphatic rings. The van der Waals surface area contributed by atoms with Gasteiger partial charge in [0, 0.05) is 6.61 Å². The molecule has 0 bridgehead atoms. The maximum Gasteiger partial charge on any atom is 0.0665 e. The van der Waals surface area contributed by atoms with Gasteiger partial charge in [0.15, 0.2) is 0 Å². The maximum absolute atomic E-state index is 8.75. The molecule has 0 aromatic rings. The van der Waals surface area contributed by atoms with Crippen LogP contribution in [0.1, 0.15) is 26.7 Å². The smallest absolute Gasteiger partial charge is 0.0665 e. The third kappa shape index (κ3) is 6.28. The summed E-state index contributed by atoms with van der Waals surface area (Å²) >= 11 is 0. The first-order valence-electron chi connectivity index (χ1n) is 4.10. The molecule has 0 aromatic carbocycles. The molecule has 1 unspecified atom stereocenters. The second-order valence-electron chi connectivity index (χ2n) is 3.22. The SMILES string of the molecule is CCCCOCC(C)(N)CO. The van der Waals surface area contributed by atoms with E-state index in [9.17, 15) is 0 Å². The van der Waals surface area contributed by atoms with Crippen LogP contribution in [0.5, 0.6) is 0 Å². The molecule has 3 N–H and O–H groups in total. The minimum Gasteiger partial charge on any atom is -0.394 e. The topological polar surface area (TPSA) is 55.5 Å². The zero-order chi connectivity index (χ0) is 8.74. The number of aliphatic hydroxyl groups excluding tert-OH is 1. The number of ether oxygens (including phenoxy) is 1. The highest BCUT2D eigenvalue weighted by atomic mass is 16.5. The summed E-state index contributed by atoms with van der Waals surface area (Å²) in [6.45, 7) is 5.03. The lowest BCUT2D eigenvalue weighted by molar-refractivity contribution is 0.0616. The number of nitrogens with two attached hydrogens (primary N) is 1. The zero-order valence-electron chi connectivity index (χ0n) is 7.47. The quantitative estimate of drug-likeness (QED) is 0.558. The molecule has 0 radical (unpaired) electrons. The number of hydrogen-bond acceptors (Lipinski definition) is 3. The molecule has 0 spiro atoms. The Morgan fingerprint density at radius 3 is 2.64 bits per heavy atom. The molecule has 3 nitrogen and oxygen atoms in total. The number of hydrogen-bond donors (Lipinski definition) is 2. The first-order valence-corrected chi connectivity index (χ1v) is 4.10. The standard InChI is InChI=1S/C8H19NO2/c1-3-4-5-11-7-8(2,9)6-10/h10H,3-7,9H2,1-2H3. The van der Waals surface area contributed by atoms with Crippen molar-refractivity contribution in [3.05, 3.63) is 0 Å². The highest BCUT2D eigenvalue weighted by Gasteiger charge is 2.16. The van der Waals surface area contributed by atoms with Gasteiger partial charge in [0.1, 0.15) is 0 Å². The van der Waals surface area contributed by atoms with E-state index in [1.165, 1.54) is 0 Å². The lowest BCUT2D eigenvalue weighted by Crippen LogP contribution is -2.44. The monoisotopic (exact) mass is 161 g/mol. The van der Waals surface area contributed by atoms with Crippen molar-refractivity contribution in [2.75, 3.05) is 19.8 Å². The number of aliphatic hydroxyl groups is 1. The summed E-state index contributed by atoms with van der Waals surface area (Å²) in [5.41, 5.74) is 5.05. The van der Waals surface area contributed by atoms with E-state index >= 15 is 0 Å². The van der Waals surface area contributed by atoms with Crippen molar-refractivity contribution < 1.29 is 9.84 Å². The fraction of sp³-hybridized carbons (Fsp3) is 1.00. The van der Waals surface area contributed by atoms with E-state index < -0.39 is 5.54 Å². The molecule has 0 saturated carbocycles. The van der Waals surface area contributed by atoms with Gasteiger partial charge in [0.2, 0.25) is 0 Å². The summed E-state index contributed by atoms with van der Waals surface area (Å²) in [5.74, 6) is 0. The van der Waals surface area contributed by atoms with Gasteiger partial charge in [-0.3, -0.25) is 0 Å². The highest BCUT2D eigenvalue weighted by Crippen LogP contribution is 1.98. The Bertz CT molecular complexity index is 94.1. The fourth-order valence-electron chi connectivity index (χ4n) is 0.597. The zero-order valence-corrected chi connectivity index (χ0v) is 7.47. The van der Waals surface area contributed by atoms with Gasteiger partial charge in [-0.2, -0.15) is 0 Å². The van der Waals surface area contributed by atoms with E-state index in [0.717, 1.165) is 19.4 Å². The molecule has 0 aliphatic carbocycles. The van der Waals surface area contributed by atoms with Crippen LogP contribution in [-0.2, 0) is 4.74 Å². The van der Waals surface area contributed by atoms with Crippen molar-refractivity contribution in [2.45, 2.75) is 32.2 Å². The molecule has 11 heavy (non-hydrogen) atoms. The average Bonchev–Trinajstić information content (AvgIpc) is 1.99. The van der Waals surface area contributed by atoms with Crippen molar-refractivity contribution in [1.82, 2.24) is 0 Å². The van der Waals surface area contributed by atoms with E-state index in [2.05, 4.69) is 6.92 Å². The van der Waals surface area contributed by atoms with Gasteiger partial charge in [-0.15, -0.1) is 0 Å². The molecule has 3 heteroatoms. The van der Waals surface area contributed by atoms with E-state index in [1.807, 2.05) is 0 Å². The molecule has 0 aliphatic heterocycles. The Balaban J connectivity index is 3.23. The Morgan fingerprint density at radius 1 is 1.55 bits per heavy atom. The lowest BCUT2D eigenvalue weighted by atomic mass is 10.1. The van der Waals surface area contributed by atoms with Crippen LogP contribution in [0.15, 0.2) is 0 Å². The van der Waals surface area contributed by atoms with Crippen LogP contribution in [0.4, 0.5) is 0 Å². The predicted octanol–water partition coefficient (Wildman–Crippen LogP) is 0.513. The second-order valence-corrected chi connectivity index (χ2v) is 3.22. The molecule has 0 fully saturated rings. The van der Waals surface area contributed by atoms with Crippen LogP contribution in [0, 0.1) is 0 Å². The summed E-state index contributed by atoms with van der Waals surface area (Å²) in [7, 11) is 0. The normalized spacial score (nSPS) is 16.4.